The van der Waals surface area contributed by atoms with Crippen LogP contribution in [0.15, 0.2) is 41.5 Å². The third kappa shape index (κ3) is 7.59. The van der Waals surface area contributed by atoms with E-state index in [2.05, 4.69) is 4.98 Å². The molecule has 20 nitrogen and oxygen atoms in total. The Morgan fingerprint density at radius 1 is 0.836 bits per heavy atom. The fraction of sp³-hybridized carbons (Fsp3) is 0.585. The van der Waals surface area contributed by atoms with Crippen LogP contribution < -0.4 is 0 Å². The number of furan rings is 1. The van der Waals surface area contributed by atoms with Crippen molar-refractivity contribution in [1.29, 1.82) is 0 Å². The van der Waals surface area contributed by atoms with E-state index in [9.17, 15) is 43.5 Å². The third-order valence-corrected chi connectivity index (χ3v) is 11.9. The quantitative estimate of drug-likeness (QED) is 0.293. The summed E-state index contributed by atoms with van der Waals surface area (Å²) in [7, 11) is 0. The predicted octanol–water partition coefficient (Wildman–Crippen LogP) is 1.75. The van der Waals surface area contributed by atoms with Crippen LogP contribution in [0.1, 0.15) is 88.1 Å². The first-order chi connectivity index (χ1) is 28.6. The maximum atomic E-state index is 14.3. The maximum absolute atomic E-state index is 14.3. The lowest BCUT2D eigenvalue weighted by Gasteiger charge is -2.67. The molecule has 4 heterocycles. The molecule has 6 rings (SSSR count). The lowest BCUT2D eigenvalue weighted by Crippen LogP contribution is -2.89. The van der Waals surface area contributed by atoms with Gasteiger partial charge < -0.3 is 52.2 Å². The Bertz CT molecular complexity index is 2100. The number of carbonyl (C=O) groups excluding carboxylic acids is 8. The number of aliphatic hydroxyl groups is 1. The summed E-state index contributed by atoms with van der Waals surface area (Å²) in [4.78, 5) is 113. The molecule has 330 valence electrons. The van der Waals surface area contributed by atoms with E-state index >= 15 is 0 Å². The van der Waals surface area contributed by atoms with Gasteiger partial charge in [-0.1, -0.05) is 6.92 Å². The monoisotopic (exact) mass is 857 g/mol. The molecule has 2 aromatic rings. The molecule has 0 amide bonds. The van der Waals surface area contributed by atoms with Gasteiger partial charge in [0.2, 0.25) is 0 Å². The molecule has 0 aromatic carbocycles. The van der Waals surface area contributed by atoms with E-state index in [0.717, 1.165) is 54.1 Å². The molecule has 1 saturated heterocycles. The highest BCUT2D eigenvalue weighted by Gasteiger charge is 2.92. The standard InChI is InChI=1S/C41H47NO19/c1-19-9-10-25-11-13-42-15-27(25)37(50)54-17-38(7)28-29(55-21(3)44)33(57-23(5)46)40(18-53-20(2)43)34(58-24(6)47)30(59-36(49)26-12-14-52-16-26)32(60-35(19)48)39(8,51)41(40,61-38)31(28)56-22(4)45/h11-16,19,28-34,51H,9-10,17-18H2,1-8H3/t19?,28?,29-,30+,31-,32+,33-,34+,38+,39+,40-,41+/m1/s1. The number of fused-ring (bicyclic) bond motifs is 5. The van der Waals surface area contributed by atoms with E-state index in [-0.39, 0.29) is 24.0 Å². The van der Waals surface area contributed by atoms with Crippen LogP contribution in [0.2, 0.25) is 0 Å². The topological polar surface area (TPSA) is 266 Å². The lowest BCUT2D eigenvalue weighted by molar-refractivity contribution is -0.386. The molecule has 0 radical (unpaired) electrons. The van der Waals surface area contributed by atoms with Gasteiger partial charge in [0.15, 0.2) is 30.0 Å². The first kappa shape index (κ1) is 44.7. The summed E-state index contributed by atoms with van der Waals surface area (Å²) in [5, 5.41) is 13.6. The summed E-state index contributed by atoms with van der Waals surface area (Å²) in [5.41, 5.74) is -10.1. The zero-order chi connectivity index (χ0) is 44.8. The second-order valence-electron chi connectivity index (χ2n) is 16.1. The Hall–Kier alpha value is -5.89. The summed E-state index contributed by atoms with van der Waals surface area (Å²) in [5.74, 6) is -10.8. The number of ether oxygens (including phenoxy) is 9. The SMILES string of the molecule is CC(=O)OC[C@]12[C@H](OC(C)=O)[C@H](OC(C)=O)C3[C@@H](OC(C)=O)[C@@]14O[C@@]3(C)COC(=O)c1cnccc1CCC(C)C(=O)O[C@@H]([C@H](OC(=O)c1ccoc1)[C@@H]2OC(C)=O)[C@]4(C)O. The highest BCUT2D eigenvalue weighted by atomic mass is 16.7. The van der Waals surface area contributed by atoms with Gasteiger partial charge in [0.05, 0.1) is 29.2 Å². The molecule has 2 aromatic heterocycles. The van der Waals surface area contributed by atoms with E-state index < -0.39 is 132 Å². The molecule has 4 aliphatic rings. The van der Waals surface area contributed by atoms with Crippen molar-refractivity contribution in [2.75, 3.05) is 13.2 Å². The van der Waals surface area contributed by atoms with Crippen LogP contribution >= 0.6 is 0 Å². The third-order valence-electron chi connectivity index (χ3n) is 11.9. The van der Waals surface area contributed by atoms with Crippen molar-refractivity contribution in [2.24, 2.45) is 17.3 Å². The Kier molecular flexibility index (Phi) is 12.1. The van der Waals surface area contributed by atoms with E-state index in [1.165, 1.54) is 32.3 Å². The number of hydrogen-bond donors (Lipinski definition) is 1. The maximum Gasteiger partial charge on any atom is 0.341 e. The van der Waals surface area contributed by atoms with Crippen molar-refractivity contribution in [1.82, 2.24) is 4.98 Å². The molecular formula is C41H47NO19. The van der Waals surface area contributed by atoms with Crippen LogP contribution in [0.25, 0.3) is 0 Å². The van der Waals surface area contributed by atoms with Crippen LogP contribution in [-0.4, -0.2) is 124 Å². The van der Waals surface area contributed by atoms with Crippen LogP contribution in [0.5, 0.6) is 0 Å². The highest BCUT2D eigenvalue weighted by Crippen LogP contribution is 2.70. The predicted molar refractivity (Wildman–Crippen MR) is 197 cm³/mol. The molecule has 61 heavy (non-hydrogen) atoms. The van der Waals surface area contributed by atoms with Gasteiger partial charge in [-0.2, -0.15) is 0 Å². The number of pyridine rings is 1. The van der Waals surface area contributed by atoms with Crippen molar-refractivity contribution in [2.45, 2.75) is 122 Å². The minimum Gasteiger partial charge on any atom is -0.472 e. The van der Waals surface area contributed by atoms with Crippen molar-refractivity contribution in [3.63, 3.8) is 0 Å². The minimum absolute atomic E-state index is 0.0163. The zero-order valence-electron chi connectivity index (χ0n) is 34.7. The molecule has 20 heteroatoms. The number of aryl methyl sites for hydroxylation is 1. The lowest BCUT2D eigenvalue weighted by atomic mass is 9.45. The summed E-state index contributed by atoms with van der Waals surface area (Å²) < 4.78 is 60.1. The highest BCUT2D eigenvalue weighted by molar-refractivity contribution is 5.91. The first-order valence-electron chi connectivity index (χ1n) is 19.4. The Labute approximate surface area is 348 Å². The smallest absolute Gasteiger partial charge is 0.341 e. The van der Waals surface area contributed by atoms with Gasteiger partial charge in [0.1, 0.15) is 48.3 Å². The first-order valence-corrected chi connectivity index (χ1v) is 19.4. The summed E-state index contributed by atoms with van der Waals surface area (Å²) >= 11 is 0. The summed E-state index contributed by atoms with van der Waals surface area (Å²) in [6.07, 6.45) is -7.21. The largest absolute Gasteiger partial charge is 0.472 e. The molecule has 1 N–H and O–H groups in total. The average molecular weight is 858 g/mol. The molecule has 2 aliphatic carbocycles. The van der Waals surface area contributed by atoms with Gasteiger partial charge >= 0.3 is 47.8 Å². The summed E-state index contributed by atoms with van der Waals surface area (Å²) in [6.45, 7) is 7.06. The number of cyclic esters (lactones) is 1. The normalized spacial score (nSPS) is 35.4. The van der Waals surface area contributed by atoms with Gasteiger partial charge in [-0.15, -0.1) is 0 Å². The number of esters is 8. The van der Waals surface area contributed by atoms with Gasteiger partial charge in [-0.05, 0) is 44.4 Å². The zero-order valence-corrected chi connectivity index (χ0v) is 34.7. The second kappa shape index (κ2) is 16.5. The van der Waals surface area contributed by atoms with Crippen molar-refractivity contribution < 1.29 is 90.5 Å². The summed E-state index contributed by atoms with van der Waals surface area (Å²) in [6, 6.07) is 2.78. The number of nitrogens with zero attached hydrogens (tertiary/aromatic N) is 1. The number of rotatable bonds is 8. The molecule has 2 aliphatic heterocycles. The number of carbonyl (C=O) groups is 8. The Balaban J connectivity index is 1.77. The van der Waals surface area contributed by atoms with Crippen LogP contribution in [-0.2, 0) is 77.8 Å². The van der Waals surface area contributed by atoms with Crippen LogP contribution in [0.4, 0.5) is 0 Å². The molecular weight excluding hydrogens is 810 g/mol. The van der Waals surface area contributed by atoms with Crippen molar-refractivity contribution >= 4 is 47.8 Å². The Morgan fingerprint density at radius 3 is 2.05 bits per heavy atom. The molecule has 12 atom stereocenters. The van der Waals surface area contributed by atoms with Gasteiger partial charge in [-0.25, -0.2) is 9.59 Å². The average Bonchev–Trinajstić information content (AvgIpc) is 3.79. The molecule has 2 saturated carbocycles. The van der Waals surface area contributed by atoms with Crippen LogP contribution in [0, 0.1) is 17.3 Å². The van der Waals surface area contributed by atoms with E-state index in [0.29, 0.717) is 5.56 Å². The van der Waals surface area contributed by atoms with E-state index in [1.54, 1.807) is 6.07 Å². The Morgan fingerprint density at radius 2 is 1.46 bits per heavy atom. The number of hydrogen-bond acceptors (Lipinski definition) is 20. The van der Waals surface area contributed by atoms with Gasteiger partial charge in [-0.3, -0.25) is 33.8 Å². The fourth-order valence-electron chi connectivity index (χ4n) is 9.56. The second-order valence-corrected chi connectivity index (χ2v) is 16.1. The molecule has 3 fully saturated rings. The van der Waals surface area contributed by atoms with Gasteiger partial charge in [0.25, 0.3) is 0 Å². The molecule has 4 bridgehead atoms. The fourth-order valence-corrected chi connectivity index (χ4v) is 9.56. The van der Waals surface area contributed by atoms with E-state index in [4.69, 9.17) is 47.0 Å². The van der Waals surface area contributed by atoms with Crippen molar-refractivity contribution in [3.05, 3.63) is 53.7 Å². The van der Waals surface area contributed by atoms with Crippen LogP contribution in [0.3, 0.4) is 0 Å². The van der Waals surface area contributed by atoms with Crippen molar-refractivity contribution in [3.8, 4) is 0 Å². The van der Waals surface area contributed by atoms with Gasteiger partial charge in [0, 0.05) is 47.0 Å². The molecule has 2 unspecified atom stereocenters. The minimum atomic E-state index is -2.87. The molecule has 1 spiro atoms. The van der Waals surface area contributed by atoms with E-state index in [1.807, 2.05) is 0 Å². The number of aromatic nitrogens is 1.